The normalized spacial score (nSPS) is 13.9. The van der Waals surface area contributed by atoms with Crippen LogP contribution in [-0.2, 0) is 21.7 Å². The third-order valence-corrected chi connectivity index (χ3v) is 17.4. The summed E-state index contributed by atoms with van der Waals surface area (Å²) in [5.41, 5.74) is 18.7. The Morgan fingerprint density at radius 1 is 0.286 bits per heavy atom. The van der Waals surface area contributed by atoms with Gasteiger partial charge in [-0.2, -0.15) is 0 Å². The van der Waals surface area contributed by atoms with Crippen LogP contribution >= 0.6 is 0 Å². The summed E-state index contributed by atoms with van der Waals surface area (Å²) in [5, 5.41) is 15.4. The smallest absolute Gasteiger partial charge is 0.252 e. The molecule has 2 aliphatic heterocycles. The van der Waals surface area contributed by atoms with Crippen LogP contribution < -0.4 is 26.2 Å². The van der Waals surface area contributed by atoms with Gasteiger partial charge in [0.1, 0.15) is 0 Å². The second-order valence-corrected chi connectivity index (χ2v) is 26.7. The summed E-state index contributed by atoms with van der Waals surface area (Å²) >= 11 is 0. The topological polar surface area (TPSA) is 6.48 Å². The molecule has 0 N–H and O–H groups in total. The van der Waals surface area contributed by atoms with Crippen LogP contribution in [-0.4, -0.2) is 6.71 Å². The van der Waals surface area contributed by atoms with Crippen LogP contribution in [0, 0.1) is 0 Å². The van der Waals surface area contributed by atoms with Gasteiger partial charge in [0.15, 0.2) is 0 Å². The van der Waals surface area contributed by atoms with Gasteiger partial charge >= 0.3 is 0 Å². The fourth-order valence-electron chi connectivity index (χ4n) is 13.1. The zero-order valence-electron chi connectivity index (χ0n) is 46.9. The van der Waals surface area contributed by atoms with E-state index >= 15 is 0 Å². The number of anilines is 6. The van der Waals surface area contributed by atoms with Crippen LogP contribution in [0.2, 0.25) is 0 Å². The summed E-state index contributed by atoms with van der Waals surface area (Å²) in [5.74, 6) is 0. The average molecular weight is 995 g/mol. The number of rotatable bonds is 3. The Bertz CT molecular complexity index is 4190. The van der Waals surface area contributed by atoms with Gasteiger partial charge in [-0.1, -0.05) is 210 Å². The summed E-state index contributed by atoms with van der Waals surface area (Å²) in [4.78, 5) is 5.34. The largest absolute Gasteiger partial charge is 0.311 e. The molecule has 0 atom stereocenters. The van der Waals surface area contributed by atoms with E-state index in [4.69, 9.17) is 0 Å². The standard InChI is InChI=1S/C74H67BN2/c1-71(2,3)52-38-53(72(4,5)6)41-56(40-52)76-64-34-47-22-15-13-20-45(47)32-62(64)75-63-33-46-21-14-16-23-48(46)35-65(63)77(57-42-54(73(7,8)9)39-55(43-57)74(10,11)12)67-37-51(36-66(76)70(67)75)50-30-49-26-19-28-59-58-27-17-24-44-25-18-29-60(68(44)58)61(31-50)69(49)59/h13-43H,1-12H3. The van der Waals surface area contributed by atoms with Crippen molar-refractivity contribution in [3.8, 4) is 11.1 Å². The maximum atomic E-state index is 2.67. The first-order valence-corrected chi connectivity index (χ1v) is 27.9. The Morgan fingerprint density at radius 2 is 0.636 bits per heavy atom. The highest BCUT2D eigenvalue weighted by molar-refractivity contribution is 7.00. The lowest BCUT2D eigenvalue weighted by Crippen LogP contribution is -2.61. The van der Waals surface area contributed by atoms with E-state index in [1.807, 2.05) is 0 Å². The number of hydrogen-bond donors (Lipinski definition) is 0. The van der Waals surface area contributed by atoms with Crippen molar-refractivity contribution in [3.63, 3.8) is 0 Å². The van der Waals surface area contributed by atoms with E-state index in [0.29, 0.717) is 0 Å². The predicted molar refractivity (Wildman–Crippen MR) is 337 cm³/mol. The molecule has 77 heavy (non-hydrogen) atoms. The molecule has 0 saturated heterocycles. The first kappa shape index (κ1) is 47.6. The van der Waals surface area contributed by atoms with Crippen molar-refractivity contribution >= 4 is 122 Å². The van der Waals surface area contributed by atoms with Gasteiger partial charge in [0.05, 0.1) is 0 Å². The second kappa shape index (κ2) is 16.3. The summed E-state index contributed by atoms with van der Waals surface area (Å²) in [6.45, 7) is 28.3. The van der Waals surface area contributed by atoms with E-state index in [2.05, 4.69) is 281 Å². The van der Waals surface area contributed by atoms with Crippen LogP contribution in [0.1, 0.15) is 105 Å². The molecule has 0 bridgehead atoms. The van der Waals surface area contributed by atoms with E-state index in [1.165, 1.54) is 149 Å². The molecule has 0 radical (unpaired) electrons. The Balaban J connectivity index is 1.17. The fraction of sp³-hybridized carbons (Fsp3) is 0.216. The minimum Gasteiger partial charge on any atom is -0.311 e. The third kappa shape index (κ3) is 7.44. The van der Waals surface area contributed by atoms with Gasteiger partial charge in [0.2, 0.25) is 0 Å². The van der Waals surface area contributed by atoms with E-state index in [1.54, 1.807) is 0 Å². The highest BCUT2D eigenvalue weighted by atomic mass is 15.2. The zero-order valence-corrected chi connectivity index (χ0v) is 46.9. The van der Waals surface area contributed by atoms with Crippen LogP contribution in [0.4, 0.5) is 34.1 Å². The Hall–Kier alpha value is -7.88. The molecule has 0 unspecified atom stereocenters. The first-order valence-electron chi connectivity index (χ1n) is 27.9. The minimum atomic E-state index is -0.0890. The lowest BCUT2D eigenvalue weighted by Gasteiger charge is -2.45. The molecule has 0 aromatic heterocycles. The molecular weight excluding hydrogens is 928 g/mol. The Labute approximate surface area is 455 Å². The molecule has 2 nitrogen and oxygen atoms in total. The summed E-state index contributed by atoms with van der Waals surface area (Å²) in [6.07, 6.45) is 0. The number of benzene rings is 12. The quantitative estimate of drug-likeness (QED) is 0.0989. The number of fused-ring (bicyclic) bond motifs is 8. The van der Waals surface area contributed by atoms with Gasteiger partial charge in [-0.05, 0) is 197 Å². The molecule has 0 fully saturated rings. The summed E-state index contributed by atoms with van der Waals surface area (Å²) < 4.78 is 0. The molecule has 12 aromatic carbocycles. The van der Waals surface area contributed by atoms with Crippen molar-refractivity contribution in [2.75, 3.05) is 9.80 Å². The zero-order chi connectivity index (χ0) is 53.2. The monoisotopic (exact) mass is 995 g/mol. The molecule has 2 heterocycles. The van der Waals surface area contributed by atoms with Crippen molar-refractivity contribution in [2.24, 2.45) is 0 Å². The van der Waals surface area contributed by atoms with E-state index in [9.17, 15) is 0 Å². The van der Waals surface area contributed by atoms with Crippen molar-refractivity contribution in [1.29, 1.82) is 0 Å². The van der Waals surface area contributed by atoms with Crippen molar-refractivity contribution < 1.29 is 0 Å². The fourth-order valence-corrected chi connectivity index (χ4v) is 13.1. The van der Waals surface area contributed by atoms with Crippen LogP contribution in [0.15, 0.2) is 188 Å². The molecule has 12 aromatic rings. The third-order valence-electron chi connectivity index (χ3n) is 17.4. The molecule has 0 saturated carbocycles. The molecule has 2 aliphatic rings. The van der Waals surface area contributed by atoms with E-state index in [0.717, 1.165) is 0 Å². The van der Waals surface area contributed by atoms with Crippen molar-refractivity contribution in [3.05, 3.63) is 210 Å². The molecule has 14 rings (SSSR count). The lowest BCUT2D eigenvalue weighted by molar-refractivity contribution is 0.568. The van der Waals surface area contributed by atoms with Gasteiger partial charge in [-0.3, -0.25) is 0 Å². The Kier molecular flexibility index (Phi) is 10.1. The predicted octanol–water partition coefficient (Wildman–Crippen LogP) is 19.0. The molecule has 0 spiro atoms. The van der Waals surface area contributed by atoms with Gasteiger partial charge in [0.25, 0.3) is 6.71 Å². The maximum Gasteiger partial charge on any atom is 0.252 e. The van der Waals surface area contributed by atoms with Gasteiger partial charge < -0.3 is 9.80 Å². The maximum absolute atomic E-state index is 2.67. The average Bonchev–Trinajstić information content (AvgIpc) is 3.60. The van der Waals surface area contributed by atoms with Gasteiger partial charge in [-0.15, -0.1) is 0 Å². The molecule has 376 valence electrons. The molecule has 0 amide bonds. The molecule has 3 heteroatoms. The summed E-state index contributed by atoms with van der Waals surface area (Å²) in [6, 6.07) is 73.6. The second-order valence-electron chi connectivity index (χ2n) is 26.7. The van der Waals surface area contributed by atoms with Crippen molar-refractivity contribution in [2.45, 2.75) is 105 Å². The highest BCUT2D eigenvalue weighted by Gasteiger charge is 2.45. The van der Waals surface area contributed by atoms with Crippen LogP contribution in [0.3, 0.4) is 0 Å². The van der Waals surface area contributed by atoms with E-state index < -0.39 is 0 Å². The minimum absolute atomic E-state index is 0.0593. The Morgan fingerprint density at radius 3 is 1.05 bits per heavy atom. The highest BCUT2D eigenvalue weighted by Crippen LogP contribution is 2.51. The number of nitrogens with zero attached hydrogens (tertiary/aromatic N) is 2. The summed E-state index contributed by atoms with van der Waals surface area (Å²) in [7, 11) is 0. The van der Waals surface area contributed by atoms with E-state index in [-0.39, 0.29) is 28.4 Å². The molecule has 0 aliphatic carbocycles. The van der Waals surface area contributed by atoms with Crippen molar-refractivity contribution in [1.82, 2.24) is 0 Å². The lowest BCUT2D eigenvalue weighted by atomic mass is 9.33. The first-order chi connectivity index (χ1) is 36.7. The molecular formula is C74H67BN2. The van der Waals surface area contributed by atoms with Crippen LogP contribution in [0.5, 0.6) is 0 Å². The number of hydrogen-bond acceptors (Lipinski definition) is 2. The SMILES string of the molecule is CC(C)(C)c1cc(N2c3cc4ccccc4cc3B3c4cc5ccccc5cc4N(c4cc(C(C)(C)C)cc(C(C)(C)C)c4)c4cc(-c5cc6cccc7c8cccc9cccc(c(c5)c67)c98)cc2c43)cc(C(C)(C)C)c1. The van der Waals surface area contributed by atoms with Crippen LogP contribution in [0.25, 0.3) is 75.8 Å². The van der Waals surface area contributed by atoms with Gasteiger partial charge in [-0.25, -0.2) is 0 Å². The van der Waals surface area contributed by atoms with Gasteiger partial charge in [0, 0.05) is 34.1 Å².